The van der Waals surface area contributed by atoms with Crippen LogP contribution in [0.3, 0.4) is 0 Å². The summed E-state index contributed by atoms with van der Waals surface area (Å²) in [6.07, 6.45) is 7.68. The molecular weight excluding hydrogens is 476 g/mol. The van der Waals surface area contributed by atoms with Crippen LogP contribution < -0.4 is 5.32 Å². The van der Waals surface area contributed by atoms with Crippen molar-refractivity contribution in [3.8, 4) is 16.9 Å². The third kappa shape index (κ3) is 5.79. The number of carbonyl (C=O) groups is 2. The molecule has 2 aliphatic rings. The Kier molecular flexibility index (Phi) is 7.68. The first kappa shape index (κ1) is 24.5. The number of halogens is 1. The Balaban J connectivity index is 1.38. The van der Waals surface area contributed by atoms with Crippen LogP contribution in [0.15, 0.2) is 60.8 Å². The minimum atomic E-state index is -0.284. The number of rotatable bonds is 8. The Morgan fingerprint density at radius 3 is 2.58 bits per heavy atom. The third-order valence-electron chi connectivity index (χ3n) is 6.91. The molecule has 0 radical (unpaired) electrons. The molecule has 7 nitrogen and oxygen atoms in total. The Bertz CT molecular complexity index is 1200. The van der Waals surface area contributed by atoms with Crippen LogP contribution >= 0.6 is 11.6 Å². The van der Waals surface area contributed by atoms with Gasteiger partial charge in [0.2, 0.25) is 17.8 Å². The van der Waals surface area contributed by atoms with Gasteiger partial charge in [-0.25, -0.2) is 4.98 Å². The van der Waals surface area contributed by atoms with Gasteiger partial charge in [0.15, 0.2) is 0 Å². The SMILES string of the molecule is O=C(CN(CC1CCCO1)C(=O)C1CCCC1)Nc1nc(-c2ccccc2)cn1-c1cccc(Cl)c1. The van der Waals surface area contributed by atoms with Gasteiger partial charge < -0.3 is 9.64 Å². The molecular formula is C28H31ClN4O3. The number of nitrogens with one attached hydrogen (secondary N) is 1. The molecule has 1 aliphatic heterocycles. The highest BCUT2D eigenvalue weighted by atomic mass is 35.5. The quantitative estimate of drug-likeness (QED) is 0.448. The molecule has 0 spiro atoms. The van der Waals surface area contributed by atoms with Crippen LogP contribution in [0.2, 0.25) is 5.02 Å². The molecule has 5 rings (SSSR count). The van der Waals surface area contributed by atoms with E-state index in [1.165, 1.54) is 0 Å². The number of ether oxygens (including phenoxy) is 1. The smallest absolute Gasteiger partial charge is 0.246 e. The van der Waals surface area contributed by atoms with Crippen LogP contribution in [0.25, 0.3) is 16.9 Å². The number of nitrogens with zero attached hydrogens (tertiary/aromatic N) is 3. The molecule has 0 bridgehead atoms. The summed E-state index contributed by atoms with van der Waals surface area (Å²) in [5.41, 5.74) is 2.44. The van der Waals surface area contributed by atoms with E-state index < -0.39 is 0 Å². The molecule has 2 heterocycles. The lowest BCUT2D eigenvalue weighted by Gasteiger charge is -2.27. The summed E-state index contributed by atoms with van der Waals surface area (Å²) in [7, 11) is 0. The van der Waals surface area contributed by atoms with Crippen molar-refractivity contribution in [2.24, 2.45) is 5.92 Å². The van der Waals surface area contributed by atoms with Crippen LogP contribution in [-0.4, -0.2) is 52.1 Å². The van der Waals surface area contributed by atoms with Gasteiger partial charge in [-0.05, 0) is 43.9 Å². The van der Waals surface area contributed by atoms with Crippen molar-refractivity contribution in [3.05, 3.63) is 65.8 Å². The highest BCUT2D eigenvalue weighted by Crippen LogP contribution is 2.28. The highest BCUT2D eigenvalue weighted by molar-refractivity contribution is 6.30. The van der Waals surface area contributed by atoms with Gasteiger partial charge in [0, 0.05) is 41.5 Å². The Morgan fingerprint density at radius 1 is 1.06 bits per heavy atom. The second-order valence-corrected chi connectivity index (χ2v) is 9.99. The first-order valence-electron chi connectivity index (χ1n) is 12.7. The average molecular weight is 507 g/mol. The molecule has 2 fully saturated rings. The largest absolute Gasteiger partial charge is 0.376 e. The molecule has 1 aromatic heterocycles. The zero-order valence-corrected chi connectivity index (χ0v) is 21.0. The van der Waals surface area contributed by atoms with Gasteiger partial charge in [0.25, 0.3) is 0 Å². The first-order chi connectivity index (χ1) is 17.6. The van der Waals surface area contributed by atoms with Crippen molar-refractivity contribution in [3.63, 3.8) is 0 Å². The van der Waals surface area contributed by atoms with Gasteiger partial charge in [-0.3, -0.25) is 19.5 Å². The van der Waals surface area contributed by atoms with Crippen molar-refractivity contribution in [2.45, 2.75) is 44.6 Å². The summed E-state index contributed by atoms with van der Waals surface area (Å²) in [6, 6.07) is 17.2. The summed E-state index contributed by atoms with van der Waals surface area (Å²) in [5, 5.41) is 3.54. The summed E-state index contributed by atoms with van der Waals surface area (Å²) < 4.78 is 7.60. The molecule has 2 amide bonds. The second-order valence-electron chi connectivity index (χ2n) is 9.55. The Hall–Kier alpha value is -3.16. The van der Waals surface area contributed by atoms with Crippen LogP contribution in [-0.2, 0) is 14.3 Å². The number of amides is 2. The maximum absolute atomic E-state index is 13.3. The van der Waals surface area contributed by atoms with E-state index in [9.17, 15) is 9.59 Å². The lowest BCUT2D eigenvalue weighted by Crippen LogP contribution is -2.44. The van der Waals surface area contributed by atoms with Gasteiger partial charge in [-0.1, -0.05) is 60.8 Å². The molecule has 1 aliphatic carbocycles. The fourth-order valence-electron chi connectivity index (χ4n) is 5.07. The normalized spacial score (nSPS) is 17.9. The molecule has 1 saturated carbocycles. The summed E-state index contributed by atoms with van der Waals surface area (Å²) >= 11 is 6.25. The van der Waals surface area contributed by atoms with E-state index in [0.29, 0.717) is 24.1 Å². The van der Waals surface area contributed by atoms with Gasteiger partial charge in [0.05, 0.1) is 11.8 Å². The van der Waals surface area contributed by atoms with E-state index in [0.717, 1.165) is 55.5 Å². The predicted octanol–water partition coefficient (Wildman–Crippen LogP) is 5.33. The molecule has 1 unspecified atom stereocenters. The van der Waals surface area contributed by atoms with Crippen LogP contribution in [0.5, 0.6) is 0 Å². The summed E-state index contributed by atoms with van der Waals surface area (Å²) in [6.45, 7) is 1.13. The van der Waals surface area contributed by atoms with Crippen molar-refractivity contribution < 1.29 is 14.3 Å². The number of carbonyl (C=O) groups excluding carboxylic acids is 2. The molecule has 1 saturated heterocycles. The van der Waals surface area contributed by atoms with Crippen molar-refractivity contribution >= 4 is 29.4 Å². The van der Waals surface area contributed by atoms with E-state index in [1.54, 1.807) is 11.0 Å². The minimum Gasteiger partial charge on any atom is -0.376 e. The monoisotopic (exact) mass is 506 g/mol. The first-order valence-corrected chi connectivity index (χ1v) is 13.1. The van der Waals surface area contributed by atoms with E-state index in [4.69, 9.17) is 21.3 Å². The lowest BCUT2D eigenvalue weighted by molar-refractivity contribution is -0.139. The van der Waals surface area contributed by atoms with E-state index in [2.05, 4.69) is 5.32 Å². The predicted molar refractivity (Wildman–Crippen MR) is 140 cm³/mol. The number of hydrogen-bond donors (Lipinski definition) is 1. The zero-order chi connectivity index (χ0) is 24.9. The van der Waals surface area contributed by atoms with Crippen molar-refractivity contribution in [1.29, 1.82) is 0 Å². The Labute approximate surface area is 216 Å². The van der Waals surface area contributed by atoms with E-state index in [1.807, 2.05) is 59.3 Å². The third-order valence-corrected chi connectivity index (χ3v) is 7.15. The molecule has 36 heavy (non-hydrogen) atoms. The lowest BCUT2D eigenvalue weighted by atomic mass is 10.1. The maximum Gasteiger partial charge on any atom is 0.246 e. The molecule has 2 aromatic carbocycles. The highest BCUT2D eigenvalue weighted by Gasteiger charge is 2.31. The number of benzene rings is 2. The standard InChI is InChI=1S/C28H31ClN4O3/c29-22-12-6-13-23(16-22)33-18-25(20-8-2-1-3-9-20)30-28(33)31-26(34)19-32(17-24-14-7-15-36-24)27(35)21-10-4-5-11-21/h1-3,6,8-9,12-13,16,18,21,24H,4-5,7,10-11,14-15,17,19H2,(H,30,31,34). The minimum absolute atomic E-state index is 0.00247. The Morgan fingerprint density at radius 2 is 1.86 bits per heavy atom. The maximum atomic E-state index is 13.3. The fraction of sp³-hybridized carbons (Fsp3) is 0.393. The number of anilines is 1. The summed E-state index contributed by atoms with van der Waals surface area (Å²) in [5.74, 6) is 0.151. The van der Waals surface area contributed by atoms with Gasteiger partial charge >= 0.3 is 0 Å². The second kappa shape index (κ2) is 11.3. The van der Waals surface area contributed by atoms with Crippen molar-refractivity contribution in [1.82, 2.24) is 14.5 Å². The molecule has 8 heteroatoms. The zero-order valence-electron chi connectivity index (χ0n) is 20.2. The average Bonchev–Trinajstić information content (AvgIpc) is 3.66. The van der Waals surface area contributed by atoms with Gasteiger partial charge in [-0.2, -0.15) is 0 Å². The number of hydrogen-bond acceptors (Lipinski definition) is 4. The van der Waals surface area contributed by atoms with E-state index in [-0.39, 0.29) is 30.4 Å². The van der Waals surface area contributed by atoms with E-state index >= 15 is 0 Å². The fourth-order valence-corrected chi connectivity index (χ4v) is 5.26. The molecule has 1 N–H and O–H groups in total. The molecule has 1 atom stereocenters. The van der Waals surface area contributed by atoms with Crippen LogP contribution in [0, 0.1) is 5.92 Å². The van der Waals surface area contributed by atoms with Crippen LogP contribution in [0.4, 0.5) is 5.95 Å². The van der Waals surface area contributed by atoms with Gasteiger partial charge in [-0.15, -0.1) is 0 Å². The van der Waals surface area contributed by atoms with Crippen molar-refractivity contribution in [2.75, 3.05) is 25.0 Å². The number of aromatic nitrogens is 2. The topological polar surface area (TPSA) is 76.5 Å². The summed E-state index contributed by atoms with van der Waals surface area (Å²) in [4.78, 5) is 33.0. The molecule has 3 aromatic rings. The molecule has 188 valence electrons. The number of imidazole rings is 1. The van der Waals surface area contributed by atoms with Crippen LogP contribution in [0.1, 0.15) is 38.5 Å². The van der Waals surface area contributed by atoms with Gasteiger partial charge in [0.1, 0.15) is 6.54 Å².